The number of hydrogen-bond donors (Lipinski definition) is 1. The molecule has 2 unspecified atom stereocenters. The highest BCUT2D eigenvalue weighted by Crippen LogP contribution is 2.36. The molecular weight excluding hydrogens is 282 g/mol. The van der Waals surface area contributed by atoms with Crippen LogP contribution in [0.5, 0.6) is 0 Å². The molecule has 0 bridgehead atoms. The maximum absolute atomic E-state index is 12.9. The van der Waals surface area contributed by atoms with Crippen molar-refractivity contribution in [3.05, 3.63) is 71.3 Å². The van der Waals surface area contributed by atoms with Gasteiger partial charge in [0, 0.05) is 12.3 Å². The van der Waals surface area contributed by atoms with Gasteiger partial charge in [0.25, 0.3) is 0 Å². The molecule has 1 nitrogen and oxygen atoms in total. The lowest BCUT2D eigenvalue weighted by molar-refractivity contribution is -0.138. The third kappa shape index (κ3) is 3.81. The topological polar surface area (TPSA) is 12.0 Å². The number of halogens is 3. The quantitative estimate of drug-likeness (QED) is 0.826. The van der Waals surface area contributed by atoms with Gasteiger partial charge in [-0.05, 0) is 17.2 Å². The Hall–Kier alpha value is -1.38. The SMILES string of the molecule is FC(F)(F)c1ccccc1C(P)NCc1ccccc1. The van der Waals surface area contributed by atoms with Crippen LogP contribution in [0.2, 0.25) is 0 Å². The number of rotatable bonds is 4. The van der Waals surface area contributed by atoms with Crippen molar-refractivity contribution in [3.8, 4) is 0 Å². The van der Waals surface area contributed by atoms with E-state index in [-0.39, 0.29) is 5.56 Å². The predicted octanol–water partition coefficient (Wildman–Crippen LogP) is 4.37. The number of alkyl halides is 3. The molecule has 0 aromatic heterocycles. The summed E-state index contributed by atoms with van der Waals surface area (Å²) in [6, 6.07) is 15.2. The van der Waals surface area contributed by atoms with Crippen molar-refractivity contribution in [3.63, 3.8) is 0 Å². The summed E-state index contributed by atoms with van der Waals surface area (Å²) in [4.78, 5) is 0. The van der Waals surface area contributed by atoms with Crippen LogP contribution in [-0.2, 0) is 12.7 Å². The second-order valence-corrected chi connectivity index (χ2v) is 5.10. The van der Waals surface area contributed by atoms with Crippen LogP contribution < -0.4 is 5.32 Å². The highest BCUT2D eigenvalue weighted by atomic mass is 31.0. The summed E-state index contributed by atoms with van der Waals surface area (Å²) in [5.41, 5.74) is 0.672. The van der Waals surface area contributed by atoms with E-state index in [1.54, 1.807) is 6.07 Å². The fraction of sp³-hybridized carbons (Fsp3) is 0.200. The molecule has 0 amide bonds. The zero-order chi connectivity index (χ0) is 14.6. The highest BCUT2D eigenvalue weighted by Gasteiger charge is 2.34. The van der Waals surface area contributed by atoms with Crippen molar-refractivity contribution in [2.24, 2.45) is 0 Å². The van der Waals surface area contributed by atoms with E-state index < -0.39 is 17.5 Å². The van der Waals surface area contributed by atoms with Crippen molar-refractivity contribution in [1.29, 1.82) is 0 Å². The summed E-state index contributed by atoms with van der Waals surface area (Å²) in [7, 11) is 2.42. The lowest BCUT2D eigenvalue weighted by atomic mass is 10.1. The number of hydrogen-bond acceptors (Lipinski definition) is 1. The minimum absolute atomic E-state index is 0.237. The van der Waals surface area contributed by atoms with Gasteiger partial charge in [-0.3, -0.25) is 0 Å². The zero-order valence-corrected chi connectivity index (χ0v) is 11.8. The fourth-order valence-electron chi connectivity index (χ4n) is 1.96. The molecule has 0 heterocycles. The van der Waals surface area contributed by atoms with Crippen LogP contribution >= 0.6 is 9.24 Å². The van der Waals surface area contributed by atoms with E-state index in [9.17, 15) is 13.2 Å². The Kier molecular flexibility index (Phi) is 4.79. The van der Waals surface area contributed by atoms with Gasteiger partial charge in [0.2, 0.25) is 0 Å². The van der Waals surface area contributed by atoms with Crippen molar-refractivity contribution in [1.82, 2.24) is 5.32 Å². The normalized spacial score (nSPS) is 13.2. The van der Waals surface area contributed by atoms with Gasteiger partial charge in [-0.25, -0.2) is 0 Å². The monoisotopic (exact) mass is 297 g/mol. The second-order valence-electron chi connectivity index (χ2n) is 4.43. The first kappa shape index (κ1) is 15.0. The molecule has 2 rings (SSSR count). The van der Waals surface area contributed by atoms with Crippen LogP contribution in [0.4, 0.5) is 13.2 Å². The largest absolute Gasteiger partial charge is 0.416 e. The Morgan fingerprint density at radius 2 is 1.55 bits per heavy atom. The van der Waals surface area contributed by atoms with Crippen LogP contribution in [-0.4, -0.2) is 0 Å². The van der Waals surface area contributed by atoms with Crippen LogP contribution in [0.15, 0.2) is 54.6 Å². The van der Waals surface area contributed by atoms with Crippen molar-refractivity contribution in [2.45, 2.75) is 18.5 Å². The van der Waals surface area contributed by atoms with Gasteiger partial charge in [-0.15, -0.1) is 9.24 Å². The first-order valence-electron chi connectivity index (χ1n) is 6.17. The van der Waals surface area contributed by atoms with Crippen LogP contribution in [0.25, 0.3) is 0 Å². The molecule has 0 spiro atoms. The predicted molar refractivity (Wildman–Crippen MR) is 77.2 cm³/mol. The van der Waals surface area contributed by atoms with Crippen molar-refractivity contribution in [2.75, 3.05) is 0 Å². The van der Waals surface area contributed by atoms with Gasteiger partial charge in [-0.2, -0.15) is 13.2 Å². The molecule has 0 aliphatic carbocycles. The molecular formula is C15H15F3NP. The average Bonchev–Trinajstić information content (AvgIpc) is 2.45. The van der Waals surface area contributed by atoms with Gasteiger partial charge < -0.3 is 5.32 Å². The third-order valence-electron chi connectivity index (χ3n) is 2.97. The Bertz CT molecular complexity index is 555. The molecule has 0 saturated heterocycles. The molecule has 1 N–H and O–H groups in total. The lowest BCUT2D eigenvalue weighted by Gasteiger charge is -2.19. The van der Waals surface area contributed by atoms with Crippen molar-refractivity contribution < 1.29 is 13.2 Å². The maximum atomic E-state index is 12.9. The lowest BCUT2D eigenvalue weighted by Crippen LogP contribution is -2.19. The number of benzene rings is 2. The summed E-state index contributed by atoms with van der Waals surface area (Å²) < 4.78 is 38.8. The van der Waals surface area contributed by atoms with E-state index in [0.29, 0.717) is 6.54 Å². The van der Waals surface area contributed by atoms with Gasteiger partial charge in [0.1, 0.15) is 0 Å². The van der Waals surface area contributed by atoms with Crippen LogP contribution in [0, 0.1) is 0 Å². The molecule has 2 aromatic carbocycles. The zero-order valence-electron chi connectivity index (χ0n) is 10.7. The fourth-order valence-corrected chi connectivity index (χ4v) is 2.37. The average molecular weight is 297 g/mol. The maximum Gasteiger partial charge on any atom is 0.416 e. The first-order valence-corrected chi connectivity index (χ1v) is 6.84. The summed E-state index contributed by atoms with van der Waals surface area (Å²) in [5.74, 6) is -0.451. The number of nitrogens with one attached hydrogen (secondary N) is 1. The molecule has 2 aromatic rings. The van der Waals surface area contributed by atoms with E-state index in [0.717, 1.165) is 11.6 Å². The molecule has 0 saturated carbocycles. The minimum Gasteiger partial charge on any atom is -0.303 e. The Balaban J connectivity index is 2.12. The van der Waals surface area contributed by atoms with E-state index in [4.69, 9.17) is 0 Å². The molecule has 20 heavy (non-hydrogen) atoms. The highest BCUT2D eigenvalue weighted by molar-refractivity contribution is 7.17. The minimum atomic E-state index is -4.33. The summed E-state index contributed by atoms with van der Waals surface area (Å²) >= 11 is 0. The van der Waals surface area contributed by atoms with Crippen molar-refractivity contribution >= 4 is 9.24 Å². The molecule has 2 atom stereocenters. The first-order chi connectivity index (χ1) is 9.48. The summed E-state index contributed by atoms with van der Waals surface area (Å²) in [6.07, 6.45) is -4.33. The van der Waals surface area contributed by atoms with Gasteiger partial charge >= 0.3 is 6.18 Å². The van der Waals surface area contributed by atoms with E-state index in [1.807, 2.05) is 30.3 Å². The third-order valence-corrected chi connectivity index (χ3v) is 3.56. The van der Waals surface area contributed by atoms with E-state index in [2.05, 4.69) is 14.6 Å². The molecule has 0 radical (unpaired) electrons. The molecule has 0 fully saturated rings. The standard InChI is InChI=1S/C15H15F3NP/c16-15(17,18)13-9-5-4-8-12(13)14(20)19-10-11-6-2-1-3-7-11/h1-9,14,19H,10,20H2. The molecule has 0 aliphatic heterocycles. The Labute approximate surface area is 118 Å². The second kappa shape index (κ2) is 6.38. The summed E-state index contributed by atoms with van der Waals surface area (Å²) in [5, 5.41) is 3.09. The molecule has 106 valence electrons. The molecule has 0 aliphatic rings. The Morgan fingerprint density at radius 3 is 2.20 bits per heavy atom. The summed E-state index contributed by atoms with van der Waals surface area (Å²) in [6.45, 7) is 0.515. The smallest absolute Gasteiger partial charge is 0.303 e. The van der Waals surface area contributed by atoms with Gasteiger partial charge in [0.15, 0.2) is 0 Å². The Morgan fingerprint density at radius 1 is 0.950 bits per heavy atom. The van der Waals surface area contributed by atoms with E-state index in [1.165, 1.54) is 12.1 Å². The van der Waals surface area contributed by atoms with Crippen LogP contribution in [0.3, 0.4) is 0 Å². The van der Waals surface area contributed by atoms with E-state index >= 15 is 0 Å². The van der Waals surface area contributed by atoms with Crippen LogP contribution in [0.1, 0.15) is 22.5 Å². The molecule has 5 heteroatoms. The van der Waals surface area contributed by atoms with Gasteiger partial charge in [0.05, 0.1) is 5.56 Å². The van der Waals surface area contributed by atoms with Gasteiger partial charge in [-0.1, -0.05) is 48.5 Å².